The molecular weight excluding hydrogens is 334 g/mol. The molecule has 0 saturated carbocycles. The standard InChI is InChI=1S/C23H31N3O/c1-2-11-25-22(5-1)18-27-23-6-3-4-19(16-23)17-26-14-9-21(10-15-26)20-7-12-24-13-8-20/h1-6,11,16,20-21,24H,7-10,12-15,17-18H2. The van der Waals surface area contributed by atoms with E-state index in [4.69, 9.17) is 4.74 Å². The Morgan fingerprint density at radius 3 is 2.56 bits per heavy atom. The lowest BCUT2D eigenvalue weighted by Gasteiger charge is -2.37. The molecule has 0 atom stereocenters. The van der Waals surface area contributed by atoms with Crippen molar-refractivity contribution in [2.24, 2.45) is 11.8 Å². The van der Waals surface area contributed by atoms with E-state index in [1.165, 1.54) is 57.4 Å². The normalized spacial score (nSPS) is 19.9. The minimum Gasteiger partial charge on any atom is -0.487 e. The second-order valence-corrected chi connectivity index (χ2v) is 7.96. The first-order chi connectivity index (χ1) is 13.4. The summed E-state index contributed by atoms with van der Waals surface area (Å²) in [5.74, 6) is 2.83. The van der Waals surface area contributed by atoms with E-state index in [1.807, 2.05) is 30.5 Å². The molecule has 0 bridgehead atoms. The molecule has 4 rings (SSSR count). The molecule has 2 aliphatic rings. The summed E-state index contributed by atoms with van der Waals surface area (Å²) < 4.78 is 5.93. The van der Waals surface area contributed by atoms with Gasteiger partial charge in [0.05, 0.1) is 5.69 Å². The number of hydrogen-bond donors (Lipinski definition) is 1. The van der Waals surface area contributed by atoms with Gasteiger partial charge in [0.15, 0.2) is 0 Å². The summed E-state index contributed by atoms with van der Waals surface area (Å²) in [6, 6.07) is 14.5. The lowest BCUT2D eigenvalue weighted by Crippen LogP contribution is -2.39. The Balaban J connectivity index is 1.26. The van der Waals surface area contributed by atoms with Crippen molar-refractivity contribution >= 4 is 0 Å². The van der Waals surface area contributed by atoms with E-state index in [-0.39, 0.29) is 0 Å². The molecule has 0 amide bonds. The zero-order valence-corrected chi connectivity index (χ0v) is 16.1. The smallest absolute Gasteiger partial charge is 0.130 e. The number of ether oxygens (including phenoxy) is 1. The average molecular weight is 366 g/mol. The van der Waals surface area contributed by atoms with Crippen molar-refractivity contribution in [1.82, 2.24) is 15.2 Å². The molecule has 1 aromatic heterocycles. The minimum atomic E-state index is 0.520. The first-order valence-electron chi connectivity index (χ1n) is 10.4. The predicted octanol–water partition coefficient (Wildman–Crippen LogP) is 3.87. The van der Waals surface area contributed by atoms with E-state index >= 15 is 0 Å². The monoisotopic (exact) mass is 365 g/mol. The molecular formula is C23H31N3O. The molecule has 0 radical (unpaired) electrons. The second-order valence-electron chi connectivity index (χ2n) is 7.96. The van der Waals surface area contributed by atoms with Gasteiger partial charge < -0.3 is 10.1 Å². The molecule has 1 N–H and O–H groups in total. The number of nitrogens with zero attached hydrogens (tertiary/aromatic N) is 2. The van der Waals surface area contributed by atoms with Gasteiger partial charge in [-0.05, 0) is 93.5 Å². The second kappa shape index (κ2) is 9.34. The van der Waals surface area contributed by atoms with Crippen LogP contribution < -0.4 is 10.1 Å². The lowest BCUT2D eigenvalue weighted by atomic mass is 9.79. The number of piperidine rings is 2. The van der Waals surface area contributed by atoms with Crippen LogP contribution in [0.5, 0.6) is 5.75 Å². The summed E-state index contributed by atoms with van der Waals surface area (Å²) in [5.41, 5.74) is 2.30. The van der Waals surface area contributed by atoms with Crippen LogP contribution in [0.3, 0.4) is 0 Å². The molecule has 2 fully saturated rings. The molecule has 27 heavy (non-hydrogen) atoms. The molecule has 2 aromatic rings. The van der Waals surface area contributed by atoms with E-state index in [9.17, 15) is 0 Å². The zero-order valence-electron chi connectivity index (χ0n) is 16.1. The highest BCUT2D eigenvalue weighted by Crippen LogP contribution is 2.31. The highest BCUT2D eigenvalue weighted by atomic mass is 16.5. The van der Waals surface area contributed by atoms with Crippen LogP contribution in [0.1, 0.15) is 36.9 Å². The van der Waals surface area contributed by atoms with Crippen molar-refractivity contribution in [3.8, 4) is 5.75 Å². The molecule has 2 aliphatic heterocycles. The van der Waals surface area contributed by atoms with Crippen molar-refractivity contribution in [1.29, 1.82) is 0 Å². The van der Waals surface area contributed by atoms with E-state index in [2.05, 4.69) is 33.4 Å². The van der Waals surface area contributed by atoms with Gasteiger partial charge in [0.1, 0.15) is 12.4 Å². The highest BCUT2D eigenvalue weighted by Gasteiger charge is 2.27. The Hall–Kier alpha value is -1.91. The summed E-state index contributed by atoms with van der Waals surface area (Å²) in [5, 5.41) is 3.50. The number of hydrogen-bond acceptors (Lipinski definition) is 4. The van der Waals surface area contributed by atoms with Crippen LogP contribution in [0, 0.1) is 11.8 Å². The summed E-state index contributed by atoms with van der Waals surface area (Å²) in [4.78, 5) is 6.92. The van der Waals surface area contributed by atoms with Gasteiger partial charge >= 0.3 is 0 Å². The Bertz CT molecular complexity index is 692. The molecule has 4 nitrogen and oxygen atoms in total. The van der Waals surface area contributed by atoms with Crippen LogP contribution in [0.15, 0.2) is 48.7 Å². The van der Waals surface area contributed by atoms with E-state index in [0.29, 0.717) is 6.61 Å². The van der Waals surface area contributed by atoms with E-state index in [1.54, 1.807) is 0 Å². The van der Waals surface area contributed by atoms with Crippen molar-refractivity contribution in [3.05, 3.63) is 59.9 Å². The van der Waals surface area contributed by atoms with Crippen LogP contribution in [0.4, 0.5) is 0 Å². The van der Waals surface area contributed by atoms with Crippen LogP contribution in [0.25, 0.3) is 0 Å². The van der Waals surface area contributed by atoms with Crippen molar-refractivity contribution in [2.45, 2.75) is 38.8 Å². The maximum absolute atomic E-state index is 5.93. The molecule has 1 aromatic carbocycles. The lowest BCUT2D eigenvalue weighted by molar-refractivity contribution is 0.126. The Kier molecular flexibility index (Phi) is 6.38. The third-order valence-electron chi connectivity index (χ3n) is 6.10. The Morgan fingerprint density at radius 1 is 0.963 bits per heavy atom. The summed E-state index contributed by atoms with van der Waals surface area (Å²) in [6.45, 7) is 6.44. The third-order valence-corrected chi connectivity index (χ3v) is 6.10. The van der Waals surface area contributed by atoms with Crippen LogP contribution in [0.2, 0.25) is 0 Å². The third kappa shape index (κ3) is 5.30. The molecule has 2 saturated heterocycles. The zero-order chi connectivity index (χ0) is 18.3. The molecule has 0 aliphatic carbocycles. The first-order valence-corrected chi connectivity index (χ1v) is 10.4. The predicted molar refractivity (Wildman–Crippen MR) is 109 cm³/mol. The molecule has 144 valence electrons. The number of benzene rings is 1. The van der Waals surface area contributed by atoms with Gasteiger partial charge in [0.2, 0.25) is 0 Å². The van der Waals surface area contributed by atoms with Gasteiger partial charge in [-0.15, -0.1) is 0 Å². The topological polar surface area (TPSA) is 37.4 Å². The summed E-state index contributed by atoms with van der Waals surface area (Å²) in [7, 11) is 0. The SMILES string of the molecule is c1ccc(COc2cccc(CN3CCC(C4CCNCC4)CC3)c2)nc1. The summed E-state index contributed by atoms with van der Waals surface area (Å²) >= 11 is 0. The van der Waals surface area contributed by atoms with Crippen molar-refractivity contribution < 1.29 is 4.74 Å². The van der Waals surface area contributed by atoms with E-state index < -0.39 is 0 Å². The number of aromatic nitrogens is 1. The quantitative estimate of drug-likeness (QED) is 0.843. The van der Waals surface area contributed by atoms with Gasteiger partial charge in [0, 0.05) is 12.7 Å². The largest absolute Gasteiger partial charge is 0.487 e. The molecule has 0 spiro atoms. The van der Waals surface area contributed by atoms with Crippen molar-refractivity contribution in [2.75, 3.05) is 26.2 Å². The molecule has 0 unspecified atom stereocenters. The minimum absolute atomic E-state index is 0.520. The Morgan fingerprint density at radius 2 is 1.78 bits per heavy atom. The highest BCUT2D eigenvalue weighted by molar-refractivity contribution is 5.28. The van der Waals surface area contributed by atoms with Gasteiger partial charge in [-0.1, -0.05) is 18.2 Å². The molecule has 4 heteroatoms. The van der Waals surface area contributed by atoms with Gasteiger partial charge in [-0.3, -0.25) is 9.88 Å². The summed E-state index contributed by atoms with van der Waals surface area (Å²) in [6.07, 6.45) is 7.28. The van der Waals surface area contributed by atoms with Crippen molar-refractivity contribution in [3.63, 3.8) is 0 Å². The first kappa shape index (κ1) is 18.5. The van der Waals surface area contributed by atoms with Crippen LogP contribution in [-0.4, -0.2) is 36.1 Å². The number of rotatable bonds is 6. The maximum atomic E-state index is 5.93. The van der Waals surface area contributed by atoms with E-state index in [0.717, 1.165) is 29.8 Å². The maximum Gasteiger partial charge on any atom is 0.130 e. The fourth-order valence-electron chi connectivity index (χ4n) is 4.53. The average Bonchev–Trinajstić information content (AvgIpc) is 2.75. The number of nitrogens with one attached hydrogen (secondary N) is 1. The number of likely N-dealkylation sites (tertiary alicyclic amines) is 1. The van der Waals surface area contributed by atoms with Crippen LogP contribution >= 0.6 is 0 Å². The van der Waals surface area contributed by atoms with Gasteiger partial charge in [0.25, 0.3) is 0 Å². The fraction of sp³-hybridized carbons (Fsp3) is 0.522. The van der Waals surface area contributed by atoms with Gasteiger partial charge in [-0.2, -0.15) is 0 Å². The fourth-order valence-corrected chi connectivity index (χ4v) is 4.53. The molecule has 3 heterocycles. The van der Waals surface area contributed by atoms with Crippen LogP contribution in [-0.2, 0) is 13.2 Å². The Labute approximate surface area is 162 Å². The number of pyridine rings is 1. The van der Waals surface area contributed by atoms with Gasteiger partial charge in [-0.25, -0.2) is 0 Å².